The lowest BCUT2D eigenvalue weighted by Gasteiger charge is -2.11. The van der Waals surface area contributed by atoms with Crippen LogP contribution in [0.4, 0.5) is 0 Å². The van der Waals surface area contributed by atoms with E-state index in [0.29, 0.717) is 11.7 Å². The van der Waals surface area contributed by atoms with Crippen LogP contribution in [0.5, 0.6) is 0 Å². The fourth-order valence-corrected chi connectivity index (χ4v) is 2.47. The van der Waals surface area contributed by atoms with Crippen LogP contribution in [0.15, 0.2) is 17.3 Å². The molecule has 0 aliphatic heterocycles. The molecule has 0 saturated heterocycles. The van der Waals surface area contributed by atoms with Crippen molar-refractivity contribution >= 4 is 11.8 Å². The lowest BCUT2D eigenvalue weighted by molar-refractivity contribution is 0.113. The van der Waals surface area contributed by atoms with Crippen LogP contribution >= 0.6 is 11.8 Å². The second-order valence-electron chi connectivity index (χ2n) is 5.14. The van der Waals surface area contributed by atoms with Gasteiger partial charge < -0.3 is 15.5 Å². The number of aliphatic hydroxyl groups excluding tert-OH is 2. The fraction of sp³-hybridized carbons (Fsp3) is 0.643. The summed E-state index contributed by atoms with van der Waals surface area (Å²) in [6.45, 7) is 8.01. The zero-order chi connectivity index (χ0) is 14.3. The van der Waals surface area contributed by atoms with Gasteiger partial charge in [0.15, 0.2) is 0 Å². The molecule has 1 rings (SSSR count). The molecule has 0 fully saturated rings. The Morgan fingerprint density at radius 1 is 1.42 bits per heavy atom. The van der Waals surface area contributed by atoms with Crippen molar-refractivity contribution in [3.63, 3.8) is 0 Å². The molecule has 0 bridgehead atoms. The minimum Gasteiger partial charge on any atom is -0.394 e. The smallest absolute Gasteiger partial charge is 0.0990 e. The number of aliphatic hydroxyl groups is 2. The van der Waals surface area contributed by atoms with E-state index >= 15 is 0 Å². The lowest BCUT2D eigenvalue weighted by Crippen LogP contribution is -2.19. The molecule has 108 valence electrons. The number of aromatic nitrogens is 1. The minimum atomic E-state index is -0.682. The number of nitrogens with one attached hydrogen (secondary N) is 1. The van der Waals surface area contributed by atoms with Gasteiger partial charge in [-0.25, -0.2) is 4.98 Å². The molecule has 3 N–H and O–H groups in total. The van der Waals surface area contributed by atoms with E-state index in [2.05, 4.69) is 30.2 Å². The van der Waals surface area contributed by atoms with Crippen molar-refractivity contribution in [3.8, 4) is 0 Å². The van der Waals surface area contributed by atoms with Gasteiger partial charge in [-0.15, -0.1) is 11.8 Å². The first-order valence-corrected chi connectivity index (χ1v) is 7.59. The van der Waals surface area contributed by atoms with Crippen LogP contribution in [-0.4, -0.2) is 40.2 Å². The maximum atomic E-state index is 9.32. The van der Waals surface area contributed by atoms with E-state index in [0.717, 1.165) is 23.7 Å². The molecule has 0 spiro atoms. The van der Waals surface area contributed by atoms with Crippen LogP contribution in [-0.2, 0) is 6.54 Å². The molecule has 0 radical (unpaired) electrons. The van der Waals surface area contributed by atoms with Crippen molar-refractivity contribution < 1.29 is 10.2 Å². The Kier molecular flexibility index (Phi) is 7.38. The van der Waals surface area contributed by atoms with Gasteiger partial charge in [-0.1, -0.05) is 19.9 Å². The summed E-state index contributed by atoms with van der Waals surface area (Å²) >= 11 is 1.48. The van der Waals surface area contributed by atoms with Gasteiger partial charge in [0.2, 0.25) is 0 Å². The summed E-state index contributed by atoms with van der Waals surface area (Å²) < 4.78 is 0. The average molecular weight is 284 g/mol. The number of hydrogen-bond acceptors (Lipinski definition) is 5. The van der Waals surface area contributed by atoms with Crippen molar-refractivity contribution in [2.45, 2.75) is 38.4 Å². The summed E-state index contributed by atoms with van der Waals surface area (Å²) in [5.74, 6) is 1.11. The second-order valence-corrected chi connectivity index (χ2v) is 6.15. The zero-order valence-electron chi connectivity index (χ0n) is 11.9. The maximum absolute atomic E-state index is 9.32. The predicted molar refractivity (Wildman–Crippen MR) is 79.3 cm³/mol. The quantitative estimate of drug-likeness (QED) is 0.633. The van der Waals surface area contributed by atoms with Gasteiger partial charge >= 0.3 is 0 Å². The van der Waals surface area contributed by atoms with E-state index in [1.54, 1.807) is 0 Å². The third kappa shape index (κ3) is 6.38. The molecule has 1 heterocycles. The molecule has 0 aromatic carbocycles. The molecule has 5 heteroatoms. The van der Waals surface area contributed by atoms with Gasteiger partial charge in [0.1, 0.15) is 0 Å². The molecule has 0 saturated carbocycles. The monoisotopic (exact) mass is 284 g/mol. The minimum absolute atomic E-state index is 0.205. The largest absolute Gasteiger partial charge is 0.394 e. The van der Waals surface area contributed by atoms with Gasteiger partial charge in [-0.05, 0) is 30.5 Å². The first-order valence-electron chi connectivity index (χ1n) is 6.61. The van der Waals surface area contributed by atoms with Crippen molar-refractivity contribution in [2.75, 3.05) is 18.9 Å². The molecule has 0 aliphatic carbocycles. The topological polar surface area (TPSA) is 65.4 Å². The van der Waals surface area contributed by atoms with E-state index in [1.807, 2.05) is 13.1 Å². The summed E-state index contributed by atoms with van der Waals surface area (Å²) in [6, 6.07) is 2.12. The number of rotatable bonds is 8. The van der Waals surface area contributed by atoms with Crippen molar-refractivity contribution in [3.05, 3.63) is 23.4 Å². The Morgan fingerprint density at radius 2 is 2.16 bits per heavy atom. The zero-order valence-corrected chi connectivity index (χ0v) is 12.7. The third-order valence-electron chi connectivity index (χ3n) is 2.59. The third-order valence-corrected chi connectivity index (χ3v) is 3.84. The number of nitrogens with zero attached hydrogens (tertiary/aromatic N) is 1. The molecule has 1 atom stereocenters. The molecule has 1 aromatic heterocycles. The van der Waals surface area contributed by atoms with Crippen LogP contribution in [0.3, 0.4) is 0 Å². The van der Waals surface area contributed by atoms with E-state index in [9.17, 15) is 5.11 Å². The standard InChI is InChI=1S/C14H24N2O2S/c1-10(2)5-15-6-12-4-11(3)14(16-7-12)19-9-13(18)8-17/h4,7,10,13,15,17-18H,5-6,8-9H2,1-3H3. The number of pyridine rings is 1. The van der Waals surface area contributed by atoms with Crippen LogP contribution in [0.2, 0.25) is 0 Å². The molecule has 1 unspecified atom stereocenters. The Morgan fingerprint density at radius 3 is 2.74 bits per heavy atom. The predicted octanol–water partition coefficient (Wildman–Crippen LogP) is 1.58. The molecule has 1 aromatic rings. The van der Waals surface area contributed by atoms with Crippen molar-refractivity contribution in [1.82, 2.24) is 10.3 Å². The van der Waals surface area contributed by atoms with Gasteiger partial charge in [0, 0.05) is 18.5 Å². The van der Waals surface area contributed by atoms with Crippen molar-refractivity contribution in [1.29, 1.82) is 0 Å². The van der Waals surface area contributed by atoms with Crippen molar-refractivity contribution in [2.24, 2.45) is 5.92 Å². The van der Waals surface area contributed by atoms with Crippen LogP contribution in [0.1, 0.15) is 25.0 Å². The number of thioether (sulfide) groups is 1. The number of aryl methyl sites for hydroxylation is 1. The highest BCUT2D eigenvalue weighted by molar-refractivity contribution is 7.99. The Labute approximate surface area is 119 Å². The van der Waals surface area contributed by atoms with Crippen LogP contribution in [0.25, 0.3) is 0 Å². The normalized spacial score (nSPS) is 12.9. The van der Waals surface area contributed by atoms with Gasteiger partial charge in [0.05, 0.1) is 17.7 Å². The Bertz CT molecular complexity index is 386. The fourth-order valence-electron chi connectivity index (χ4n) is 1.60. The van der Waals surface area contributed by atoms with Crippen LogP contribution < -0.4 is 5.32 Å². The summed E-state index contributed by atoms with van der Waals surface area (Å²) in [6.07, 6.45) is 1.19. The lowest BCUT2D eigenvalue weighted by atomic mass is 10.2. The van der Waals surface area contributed by atoms with E-state index in [-0.39, 0.29) is 6.61 Å². The highest BCUT2D eigenvalue weighted by atomic mass is 32.2. The molecule has 19 heavy (non-hydrogen) atoms. The van der Waals surface area contributed by atoms with E-state index in [1.165, 1.54) is 17.3 Å². The summed E-state index contributed by atoms with van der Waals surface area (Å²) in [4.78, 5) is 4.41. The number of hydrogen-bond donors (Lipinski definition) is 3. The first kappa shape index (κ1) is 16.4. The van der Waals surface area contributed by atoms with Gasteiger partial charge in [0.25, 0.3) is 0 Å². The summed E-state index contributed by atoms with van der Waals surface area (Å²) in [7, 11) is 0. The molecule has 0 aliphatic rings. The van der Waals surface area contributed by atoms with Crippen LogP contribution in [0, 0.1) is 12.8 Å². The molecule has 0 amide bonds. The average Bonchev–Trinajstić information content (AvgIpc) is 2.37. The Balaban J connectivity index is 2.49. The summed E-state index contributed by atoms with van der Waals surface area (Å²) in [5.41, 5.74) is 2.28. The van der Waals surface area contributed by atoms with E-state index in [4.69, 9.17) is 5.11 Å². The first-order chi connectivity index (χ1) is 9.02. The van der Waals surface area contributed by atoms with Gasteiger partial charge in [-0.2, -0.15) is 0 Å². The maximum Gasteiger partial charge on any atom is 0.0990 e. The highest BCUT2D eigenvalue weighted by Gasteiger charge is 2.07. The molecular formula is C14H24N2O2S. The van der Waals surface area contributed by atoms with E-state index < -0.39 is 6.10 Å². The van der Waals surface area contributed by atoms with Gasteiger partial charge in [-0.3, -0.25) is 0 Å². The second kappa shape index (κ2) is 8.53. The molecule has 4 nitrogen and oxygen atoms in total. The Hall–Kier alpha value is -0.620. The SMILES string of the molecule is Cc1cc(CNCC(C)C)cnc1SCC(O)CO. The summed E-state index contributed by atoms with van der Waals surface area (Å²) in [5, 5.41) is 22.4. The highest BCUT2D eigenvalue weighted by Crippen LogP contribution is 2.21. The molecular weight excluding hydrogens is 260 g/mol.